The summed E-state index contributed by atoms with van der Waals surface area (Å²) >= 11 is 0. The van der Waals surface area contributed by atoms with Crippen LogP contribution in [0.15, 0.2) is 73.3 Å². The van der Waals surface area contributed by atoms with Crippen LogP contribution in [0.3, 0.4) is 0 Å². The van der Waals surface area contributed by atoms with Crippen LogP contribution >= 0.6 is 0 Å². The SMILES string of the molecule is CNC(=O)CCN(C=O)c1cccc2c1ccn2CC(=O)N1CCN(CC2CCC(n3cc4cc(C(=O)Nc5cnc6cccnn56)c(OC)cc4n3)CC2)CC1. The molecule has 2 N–H and O–H groups in total. The Hall–Kier alpha value is -6.29. The third-order valence-corrected chi connectivity index (χ3v) is 11.4. The van der Waals surface area contributed by atoms with Crippen molar-refractivity contribution in [1.82, 2.24) is 44.1 Å². The minimum absolute atomic E-state index is 0.0751. The Morgan fingerprint density at radius 2 is 1.84 bits per heavy atom. The minimum atomic E-state index is -0.316. The van der Waals surface area contributed by atoms with Crippen molar-refractivity contribution in [3.8, 4) is 5.75 Å². The van der Waals surface area contributed by atoms with Gasteiger partial charge in [-0.05, 0) is 68.0 Å². The topological polar surface area (TPSA) is 164 Å². The number of piperazine rings is 1. The van der Waals surface area contributed by atoms with E-state index in [1.54, 1.807) is 37.1 Å². The summed E-state index contributed by atoms with van der Waals surface area (Å²) in [6.07, 6.45) is 12.3. The Morgan fingerprint density at radius 3 is 2.61 bits per heavy atom. The molecular formula is C41H47N11O5. The number of imidazole rings is 1. The van der Waals surface area contributed by atoms with E-state index in [-0.39, 0.29) is 43.3 Å². The van der Waals surface area contributed by atoms with Gasteiger partial charge in [0.15, 0.2) is 11.5 Å². The normalized spacial score (nSPS) is 17.5. The highest BCUT2D eigenvalue weighted by Crippen LogP contribution is 2.35. The number of carbonyl (C=O) groups is 4. The van der Waals surface area contributed by atoms with Crippen LogP contribution in [0.2, 0.25) is 0 Å². The first kappa shape index (κ1) is 37.6. The van der Waals surface area contributed by atoms with Gasteiger partial charge < -0.3 is 29.7 Å². The van der Waals surface area contributed by atoms with Crippen LogP contribution in [0.5, 0.6) is 5.75 Å². The molecule has 0 unspecified atom stereocenters. The second kappa shape index (κ2) is 16.4. The standard InChI is InChI=1S/C41H47N11O5/c1-42-39(54)13-16-50(27-53)35-6-3-5-34-31(35)12-15-49(34)26-40(55)48-19-17-47(18-20-48)24-28-8-10-30(11-9-28)51-25-29-21-32(36(57-2)22-33(29)46-51)41(56)45-38-23-43-37-7-4-14-44-52(37)38/h3-7,12,14-15,21-23,25,27-28,30H,8-11,13,16-20,24,26H2,1-2H3,(H,42,54)(H,45,56). The molecule has 8 rings (SSSR count). The molecule has 0 bridgehead atoms. The molecule has 16 heteroatoms. The summed E-state index contributed by atoms with van der Waals surface area (Å²) in [5.41, 5.74) is 3.41. The fourth-order valence-electron chi connectivity index (χ4n) is 8.26. The van der Waals surface area contributed by atoms with E-state index in [2.05, 4.69) is 30.3 Å². The van der Waals surface area contributed by atoms with Crippen LogP contribution in [-0.4, -0.2) is 116 Å². The minimum Gasteiger partial charge on any atom is -0.496 e. The van der Waals surface area contributed by atoms with E-state index in [4.69, 9.17) is 9.84 Å². The smallest absolute Gasteiger partial charge is 0.260 e. The molecule has 57 heavy (non-hydrogen) atoms. The summed E-state index contributed by atoms with van der Waals surface area (Å²) in [6.45, 7) is 4.58. The zero-order chi connectivity index (χ0) is 39.5. The first-order chi connectivity index (χ1) is 27.8. The Morgan fingerprint density at radius 1 is 1.02 bits per heavy atom. The average Bonchev–Trinajstić information content (AvgIpc) is 3.98. The van der Waals surface area contributed by atoms with Gasteiger partial charge >= 0.3 is 0 Å². The quantitative estimate of drug-likeness (QED) is 0.165. The highest BCUT2D eigenvalue weighted by molar-refractivity contribution is 6.08. The van der Waals surface area contributed by atoms with Crippen LogP contribution in [-0.2, 0) is 20.9 Å². The van der Waals surface area contributed by atoms with Crippen LogP contribution < -0.4 is 20.3 Å². The first-order valence-electron chi connectivity index (χ1n) is 19.5. The second-order valence-corrected chi connectivity index (χ2v) is 14.8. The fraction of sp³-hybridized carbons (Fsp3) is 0.390. The monoisotopic (exact) mass is 773 g/mol. The number of nitrogens with zero attached hydrogens (tertiary/aromatic N) is 9. The maximum Gasteiger partial charge on any atom is 0.260 e. The van der Waals surface area contributed by atoms with E-state index in [9.17, 15) is 19.2 Å². The van der Waals surface area contributed by atoms with Crippen LogP contribution in [0.25, 0.3) is 27.5 Å². The van der Waals surface area contributed by atoms with E-state index >= 15 is 0 Å². The summed E-state index contributed by atoms with van der Waals surface area (Å²) in [5.74, 6) is 1.13. The maximum atomic E-state index is 13.5. The predicted octanol–water partition coefficient (Wildman–Crippen LogP) is 3.97. The van der Waals surface area contributed by atoms with Gasteiger partial charge in [-0.1, -0.05) is 6.07 Å². The lowest BCUT2D eigenvalue weighted by Crippen LogP contribution is -2.50. The molecular weight excluding hydrogens is 727 g/mol. The van der Waals surface area contributed by atoms with Gasteiger partial charge in [0, 0.05) is 88.2 Å². The molecule has 1 saturated heterocycles. The number of anilines is 2. The van der Waals surface area contributed by atoms with Crippen molar-refractivity contribution in [2.75, 3.05) is 63.6 Å². The molecule has 5 heterocycles. The third kappa shape index (κ3) is 7.90. The first-order valence-corrected chi connectivity index (χ1v) is 19.5. The lowest BCUT2D eigenvalue weighted by Gasteiger charge is -2.38. The molecule has 1 aliphatic carbocycles. The van der Waals surface area contributed by atoms with E-state index in [1.807, 2.05) is 64.3 Å². The van der Waals surface area contributed by atoms with E-state index in [1.165, 1.54) is 4.90 Å². The van der Waals surface area contributed by atoms with Crippen molar-refractivity contribution in [2.45, 2.75) is 44.7 Å². The second-order valence-electron chi connectivity index (χ2n) is 14.8. The zero-order valence-corrected chi connectivity index (χ0v) is 32.2. The van der Waals surface area contributed by atoms with Gasteiger partial charge in [0.1, 0.15) is 12.3 Å². The molecule has 4 amide bonds. The zero-order valence-electron chi connectivity index (χ0n) is 32.2. The largest absolute Gasteiger partial charge is 0.496 e. The Labute approximate surface area is 329 Å². The van der Waals surface area contributed by atoms with Crippen LogP contribution in [0, 0.1) is 5.92 Å². The molecule has 296 valence electrons. The lowest BCUT2D eigenvalue weighted by atomic mass is 9.85. The fourth-order valence-corrected chi connectivity index (χ4v) is 8.26. The van der Waals surface area contributed by atoms with E-state index in [0.29, 0.717) is 47.5 Å². The molecule has 0 atom stereocenters. The van der Waals surface area contributed by atoms with Gasteiger partial charge in [-0.25, -0.2) is 4.98 Å². The summed E-state index contributed by atoms with van der Waals surface area (Å²) in [6, 6.07) is 15.2. The van der Waals surface area contributed by atoms with Crippen molar-refractivity contribution < 1.29 is 23.9 Å². The number of carbonyl (C=O) groups excluding carboxylic acids is 4. The third-order valence-electron chi connectivity index (χ3n) is 11.4. The van der Waals surface area contributed by atoms with Crippen molar-refractivity contribution in [1.29, 1.82) is 0 Å². The van der Waals surface area contributed by atoms with Gasteiger partial charge in [-0.3, -0.25) is 28.8 Å². The highest BCUT2D eigenvalue weighted by atomic mass is 16.5. The highest BCUT2D eigenvalue weighted by Gasteiger charge is 2.28. The van der Waals surface area contributed by atoms with E-state index in [0.717, 1.165) is 73.5 Å². The number of ether oxygens (including phenoxy) is 1. The van der Waals surface area contributed by atoms with Crippen molar-refractivity contribution in [3.05, 3.63) is 78.9 Å². The number of hydrogen-bond acceptors (Lipinski definition) is 9. The molecule has 2 aliphatic rings. The molecule has 6 aromatic rings. The average molecular weight is 774 g/mol. The summed E-state index contributed by atoms with van der Waals surface area (Å²) in [7, 11) is 3.13. The number of methoxy groups -OCH3 is 1. The molecule has 1 saturated carbocycles. The van der Waals surface area contributed by atoms with Crippen molar-refractivity contribution in [3.63, 3.8) is 0 Å². The molecule has 2 fully saturated rings. The summed E-state index contributed by atoms with van der Waals surface area (Å²) < 4.78 is 11.2. The van der Waals surface area contributed by atoms with Gasteiger partial charge in [-0.15, -0.1) is 0 Å². The number of hydrogen-bond donors (Lipinski definition) is 2. The molecule has 0 spiro atoms. The van der Waals surface area contributed by atoms with Gasteiger partial charge in [0.2, 0.25) is 18.2 Å². The maximum absolute atomic E-state index is 13.5. The lowest BCUT2D eigenvalue weighted by molar-refractivity contribution is -0.133. The number of rotatable bonds is 13. The summed E-state index contributed by atoms with van der Waals surface area (Å²) in [5, 5.41) is 16.4. The van der Waals surface area contributed by atoms with Gasteiger partial charge in [0.25, 0.3) is 5.91 Å². The number of benzene rings is 2. The number of amides is 4. The Bertz CT molecular complexity index is 2420. The van der Waals surface area contributed by atoms with Crippen molar-refractivity contribution >= 4 is 63.1 Å². The molecule has 2 aromatic carbocycles. The molecule has 4 aromatic heterocycles. The predicted molar refractivity (Wildman–Crippen MR) is 215 cm³/mol. The molecule has 16 nitrogen and oxygen atoms in total. The van der Waals surface area contributed by atoms with Gasteiger partial charge in [0.05, 0.1) is 41.6 Å². The van der Waals surface area contributed by atoms with E-state index < -0.39 is 0 Å². The summed E-state index contributed by atoms with van der Waals surface area (Å²) in [4.78, 5) is 60.8. The Kier molecular flexibility index (Phi) is 10.8. The Balaban J connectivity index is 0.824. The van der Waals surface area contributed by atoms with Crippen LogP contribution in [0.1, 0.15) is 48.5 Å². The number of nitrogens with one attached hydrogen (secondary N) is 2. The number of fused-ring (bicyclic) bond motifs is 3. The van der Waals surface area contributed by atoms with Gasteiger partial charge in [-0.2, -0.15) is 14.7 Å². The van der Waals surface area contributed by atoms with Crippen LogP contribution in [0.4, 0.5) is 11.5 Å². The van der Waals surface area contributed by atoms with Crippen molar-refractivity contribution in [2.24, 2.45) is 5.92 Å². The number of aromatic nitrogens is 6. The molecule has 0 radical (unpaired) electrons. The molecule has 1 aliphatic heterocycles.